The third kappa shape index (κ3) is 3.85. The van der Waals surface area contributed by atoms with Crippen molar-refractivity contribution < 1.29 is 33.3 Å². The molecule has 0 unspecified atom stereocenters. The monoisotopic (exact) mass is 498 g/mol. The van der Waals surface area contributed by atoms with Crippen LogP contribution < -0.4 is 14.2 Å². The average Bonchev–Trinajstić information content (AvgIpc) is 3.50. The van der Waals surface area contributed by atoms with E-state index >= 15 is 0 Å². The zero-order valence-electron chi connectivity index (χ0n) is 19.1. The molecule has 0 aliphatic carbocycles. The maximum absolute atomic E-state index is 13.3. The molecule has 35 heavy (non-hydrogen) atoms. The molecule has 2 aliphatic heterocycles. The van der Waals surface area contributed by atoms with Gasteiger partial charge in [0.1, 0.15) is 17.7 Å². The minimum Gasteiger partial charge on any atom is -0.497 e. The number of halogens is 1. The second-order valence-corrected chi connectivity index (χ2v) is 8.45. The van der Waals surface area contributed by atoms with Gasteiger partial charge in [-0.1, -0.05) is 6.07 Å². The molecule has 0 fully saturated rings. The Morgan fingerprint density at radius 1 is 1.14 bits per heavy atom. The Labute approximate surface area is 205 Å². The molecule has 2 aromatic carbocycles. The summed E-state index contributed by atoms with van der Waals surface area (Å²) < 4.78 is 21.3. The van der Waals surface area contributed by atoms with Crippen LogP contribution in [0.3, 0.4) is 0 Å². The van der Waals surface area contributed by atoms with Gasteiger partial charge in [-0.15, -0.1) is 11.6 Å². The van der Waals surface area contributed by atoms with Gasteiger partial charge in [0.25, 0.3) is 5.78 Å². The van der Waals surface area contributed by atoms with Crippen molar-refractivity contribution in [2.75, 3.05) is 26.4 Å². The number of carbonyl (C=O) groups is 3. The van der Waals surface area contributed by atoms with Gasteiger partial charge >= 0.3 is 5.97 Å². The van der Waals surface area contributed by atoms with E-state index in [0.29, 0.717) is 22.8 Å². The van der Waals surface area contributed by atoms with Gasteiger partial charge in [0, 0.05) is 29.1 Å². The van der Waals surface area contributed by atoms with Crippen molar-refractivity contribution in [1.29, 1.82) is 0 Å². The predicted octanol–water partition coefficient (Wildman–Crippen LogP) is 3.12. The van der Waals surface area contributed by atoms with Gasteiger partial charge < -0.3 is 28.8 Å². The predicted molar refractivity (Wildman–Crippen MR) is 126 cm³/mol. The maximum Gasteiger partial charge on any atom is 0.376 e. The molecule has 2 atom stereocenters. The normalized spacial score (nSPS) is 18.3. The number of hydrogen-bond donors (Lipinski definition) is 1. The molecule has 0 saturated carbocycles. The van der Waals surface area contributed by atoms with Crippen LogP contribution in [-0.4, -0.2) is 60.0 Å². The summed E-state index contributed by atoms with van der Waals surface area (Å²) in [6.45, 7) is 1.76. The molecular weight excluding hydrogens is 476 g/mol. The topological polar surface area (TPSA) is 107 Å². The van der Waals surface area contributed by atoms with E-state index in [1.807, 2.05) is 18.2 Å². The number of ketones is 1. The number of H-pyrrole nitrogens is 1. The fraction of sp³-hybridized carbons (Fsp3) is 0.320. The molecule has 182 valence electrons. The molecule has 2 aliphatic rings. The summed E-state index contributed by atoms with van der Waals surface area (Å²) in [6.07, 6.45) is 0.128. The highest BCUT2D eigenvalue weighted by atomic mass is 35.5. The first kappa shape index (κ1) is 23.0. The largest absolute Gasteiger partial charge is 0.497 e. The van der Waals surface area contributed by atoms with E-state index in [2.05, 4.69) is 4.98 Å². The second-order valence-electron chi connectivity index (χ2n) is 8.18. The minimum absolute atomic E-state index is 0.0461. The van der Waals surface area contributed by atoms with E-state index in [0.717, 1.165) is 22.2 Å². The smallest absolute Gasteiger partial charge is 0.376 e. The quantitative estimate of drug-likeness (QED) is 0.316. The number of nitrogens with one attached hydrogen (secondary N) is 1. The maximum atomic E-state index is 13.3. The number of aromatic nitrogens is 1. The number of nitrogens with zero attached hydrogens (tertiary/aromatic N) is 1. The van der Waals surface area contributed by atoms with Gasteiger partial charge in [-0.05, 0) is 42.3 Å². The SMILES string of the molecule is CCOC(=O)C(=O)[C@H]1Cc2c([nH]c3cc(OC)ccc23)[C@@H](c2ccc3c(c2)OCO3)N1C(=O)CCl. The van der Waals surface area contributed by atoms with Crippen molar-refractivity contribution in [2.24, 2.45) is 0 Å². The lowest BCUT2D eigenvalue weighted by atomic mass is 9.86. The van der Waals surface area contributed by atoms with Gasteiger partial charge in [0.05, 0.1) is 19.8 Å². The van der Waals surface area contributed by atoms with Crippen molar-refractivity contribution in [1.82, 2.24) is 9.88 Å². The van der Waals surface area contributed by atoms with E-state index < -0.39 is 29.7 Å². The lowest BCUT2D eigenvalue weighted by Gasteiger charge is -2.41. The number of benzene rings is 2. The molecular formula is C25H23ClN2O7. The zero-order chi connectivity index (χ0) is 24.7. The molecule has 0 bridgehead atoms. The average molecular weight is 499 g/mol. The molecule has 10 heteroatoms. The molecule has 3 heterocycles. The molecule has 0 spiro atoms. The number of Topliss-reactive ketones (excluding diaryl/α,β-unsaturated/α-hetero) is 1. The summed E-state index contributed by atoms with van der Waals surface area (Å²) in [5.41, 5.74) is 3.00. The lowest BCUT2D eigenvalue weighted by molar-refractivity contribution is -0.158. The first-order valence-electron chi connectivity index (χ1n) is 11.1. The van der Waals surface area contributed by atoms with Crippen molar-refractivity contribution >= 4 is 40.2 Å². The molecule has 0 radical (unpaired) electrons. The third-order valence-corrected chi connectivity index (χ3v) is 6.55. The number of carbonyl (C=O) groups excluding carboxylic acids is 3. The first-order valence-corrected chi connectivity index (χ1v) is 11.7. The fourth-order valence-corrected chi connectivity index (χ4v) is 4.94. The second kappa shape index (κ2) is 9.14. The summed E-state index contributed by atoms with van der Waals surface area (Å²) in [4.78, 5) is 43.7. The van der Waals surface area contributed by atoms with E-state index in [1.165, 1.54) is 4.90 Å². The fourth-order valence-electron chi connectivity index (χ4n) is 4.80. The summed E-state index contributed by atoms with van der Waals surface area (Å²) in [5, 5.41) is 0.867. The Hall–Kier alpha value is -3.72. The Kier molecular flexibility index (Phi) is 6.02. The highest BCUT2D eigenvalue weighted by Gasteiger charge is 2.45. The number of methoxy groups -OCH3 is 1. The number of ether oxygens (including phenoxy) is 4. The van der Waals surface area contributed by atoms with Crippen molar-refractivity contribution in [3.63, 3.8) is 0 Å². The number of rotatable bonds is 6. The van der Waals surface area contributed by atoms with E-state index in [-0.39, 0.29) is 25.7 Å². The van der Waals surface area contributed by atoms with Gasteiger partial charge in [-0.2, -0.15) is 0 Å². The van der Waals surface area contributed by atoms with Crippen molar-refractivity contribution in [2.45, 2.75) is 25.4 Å². The van der Waals surface area contributed by atoms with E-state index in [9.17, 15) is 14.4 Å². The van der Waals surface area contributed by atoms with Gasteiger partial charge in [-0.25, -0.2) is 4.79 Å². The molecule has 1 N–H and O–H groups in total. The molecule has 9 nitrogen and oxygen atoms in total. The Morgan fingerprint density at radius 3 is 2.69 bits per heavy atom. The van der Waals surface area contributed by atoms with Crippen LogP contribution in [0.5, 0.6) is 17.2 Å². The lowest BCUT2D eigenvalue weighted by Crippen LogP contribution is -2.54. The summed E-state index contributed by atoms with van der Waals surface area (Å²) >= 11 is 6.00. The van der Waals surface area contributed by atoms with Gasteiger partial charge in [0.15, 0.2) is 11.5 Å². The highest BCUT2D eigenvalue weighted by Crippen LogP contribution is 2.44. The van der Waals surface area contributed by atoms with Crippen LogP contribution in [0.25, 0.3) is 10.9 Å². The Balaban J connectivity index is 1.73. The third-order valence-electron chi connectivity index (χ3n) is 6.33. The van der Waals surface area contributed by atoms with E-state index in [1.54, 1.807) is 32.2 Å². The first-order chi connectivity index (χ1) is 17.0. The summed E-state index contributed by atoms with van der Waals surface area (Å²) in [6, 6.07) is 9.07. The van der Waals surface area contributed by atoms with Crippen molar-refractivity contribution in [3.8, 4) is 17.2 Å². The number of alkyl halides is 1. The number of hydrogen-bond acceptors (Lipinski definition) is 7. The van der Waals surface area contributed by atoms with Gasteiger partial charge in [-0.3, -0.25) is 9.59 Å². The number of fused-ring (bicyclic) bond motifs is 4. The van der Waals surface area contributed by atoms with Gasteiger partial charge in [0.2, 0.25) is 12.7 Å². The van der Waals surface area contributed by atoms with Crippen LogP contribution in [0.15, 0.2) is 36.4 Å². The molecule has 0 saturated heterocycles. The number of aromatic amines is 1. The van der Waals surface area contributed by atoms with Crippen LogP contribution >= 0.6 is 11.6 Å². The van der Waals surface area contributed by atoms with Crippen LogP contribution in [0.4, 0.5) is 0 Å². The molecule has 3 aromatic rings. The van der Waals surface area contributed by atoms with Crippen LogP contribution in [-0.2, 0) is 25.5 Å². The molecule has 1 aromatic heterocycles. The van der Waals surface area contributed by atoms with Crippen LogP contribution in [0.1, 0.15) is 29.8 Å². The number of esters is 1. The Bertz CT molecular complexity index is 1330. The van der Waals surface area contributed by atoms with Crippen molar-refractivity contribution in [3.05, 3.63) is 53.2 Å². The van der Waals surface area contributed by atoms with Crippen LogP contribution in [0.2, 0.25) is 0 Å². The number of amides is 1. The summed E-state index contributed by atoms with van der Waals surface area (Å²) in [5.74, 6) is -0.873. The Morgan fingerprint density at radius 2 is 1.94 bits per heavy atom. The summed E-state index contributed by atoms with van der Waals surface area (Å²) in [7, 11) is 1.58. The molecule has 5 rings (SSSR count). The standard InChI is InChI=1S/C25H23ClN2O7/c1-3-33-25(31)24(30)18-10-16-15-6-5-14(32-2)9-17(15)27-22(16)23(28(18)21(29)11-26)13-4-7-19-20(8-13)35-12-34-19/h4-9,18,23,27H,3,10-12H2,1-2H3/t18-,23-/m1/s1. The van der Waals surface area contributed by atoms with Crippen LogP contribution in [0, 0.1) is 0 Å². The zero-order valence-corrected chi connectivity index (χ0v) is 19.9. The highest BCUT2D eigenvalue weighted by molar-refractivity contribution is 6.36. The van der Waals surface area contributed by atoms with E-state index in [4.69, 9.17) is 30.5 Å². The minimum atomic E-state index is -1.09. The molecule has 1 amide bonds.